The zero-order valence-corrected chi connectivity index (χ0v) is 21.6. The lowest BCUT2D eigenvalue weighted by Gasteiger charge is -2.52. The van der Waals surface area contributed by atoms with Crippen molar-refractivity contribution in [3.63, 3.8) is 0 Å². The Balaban J connectivity index is 1.36. The molecule has 7 nitrogen and oxygen atoms in total. The second-order valence-corrected chi connectivity index (χ2v) is 10.4. The minimum Gasteiger partial charge on any atom is -0.338 e. The van der Waals surface area contributed by atoms with Gasteiger partial charge in [-0.3, -0.25) is 19.6 Å². The first-order chi connectivity index (χ1) is 16.9. The molecule has 196 valence electrons. The quantitative estimate of drug-likeness (QED) is 0.620. The van der Waals surface area contributed by atoms with Crippen LogP contribution in [0, 0.1) is 13.8 Å². The van der Waals surface area contributed by atoms with Crippen molar-refractivity contribution >= 4 is 5.91 Å². The van der Waals surface area contributed by atoms with Crippen molar-refractivity contribution in [2.45, 2.75) is 71.3 Å². The van der Waals surface area contributed by atoms with Gasteiger partial charge in [-0.2, -0.15) is 13.2 Å². The van der Waals surface area contributed by atoms with Crippen LogP contribution in [0.15, 0.2) is 24.7 Å². The van der Waals surface area contributed by atoms with E-state index in [2.05, 4.69) is 38.6 Å². The molecule has 36 heavy (non-hydrogen) atoms. The number of piperazine rings is 1. The molecule has 0 N–H and O–H groups in total. The molecular formula is C26H35F3N6O. The second-order valence-electron chi connectivity index (χ2n) is 10.4. The number of piperidine rings is 1. The maximum atomic E-state index is 13.2. The Bertz CT molecular complexity index is 1060. The molecule has 2 aliphatic rings. The van der Waals surface area contributed by atoms with E-state index in [1.807, 2.05) is 25.7 Å². The van der Waals surface area contributed by atoms with Gasteiger partial charge in [0.05, 0.1) is 17.0 Å². The third kappa shape index (κ3) is 5.25. The summed E-state index contributed by atoms with van der Waals surface area (Å²) >= 11 is 0. The van der Waals surface area contributed by atoms with Crippen LogP contribution < -0.4 is 0 Å². The van der Waals surface area contributed by atoms with E-state index in [0.717, 1.165) is 44.1 Å². The highest BCUT2D eigenvalue weighted by Crippen LogP contribution is 2.34. The topological polar surface area (TPSA) is 65.5 Å². The van der Waals surface area contributed by atoms with Crippen molar-refractivity contribution in [2.75, 3.05) is 32.7 Å². The Morgan fingerprint density at radius 1 is 1.06 bits per heavy atom. The van der Waals surface area contributed by atoms with Crippen molar-refractivity contribution in [1.82, 2.24) is 29.7 Å². The average molecular weight is 505 g/mol. The third-order valence-corrected chi connectivity index (χ3v) is 8.07. The number of aromatic nitrogens is 3. The highest BCUT2D eigenvalue weighted by molar-refractivity contribution is 5.96. The zero-order chi connectivity index (χ0) is 26.3. The molecule has 2 fully saturated rings. The minimum absolute atomic E-state index is 0.00446. The summed E-state index contributed by atoms with van der Waals surface area (Å²) in [6.45, 7) is 14.1. The first-order valence-corrected chi connectivity index (χ1v) is 12.5. The monoisotopic (exact) mass is 504 g/mol. The Morgan fingerprint density at radius 3 is 2.22 bits per heavy atom. The number of halogens is 3. The molecule has 0 unspecified atom stereocenters. The van der Waals surface area contributed by atoms with E-state index < -0.39 is 11.9 Å². The van der Waals surface area contributed by atoms with Gasteiger partial charge in [-0.15, -0.1) is 0 Å². The SMILES string of the molecule is Cc1ncnc(C)c1C(=O)N1CCC(C)(N2CCN([C@@H](C)c3ccc(C(F)(F)F)nc3)[C@@H](C)C2)CC1. The van der Waals surface area contributed by atoms with Gasteiger partial charge >= 0.3 is 6.18 Å². The van der Waals surface area contributed by atoms with E-state index in [0.29, 0.717) is 30.0 Å². The summed E-state index contributed by atoms with van der Waals surface area (Å²) in [6.07, 6.45) is 0.181. The average Bonchev–Trinajstić information content (AvgIpc) is 2.83. The van der Waals surface area contributed by atoms with Crippen LogP contribution in [0.5, 0.6) is 0 Å². The first kappa shape index (κ1) is 26.5. The number of likely N-dealkylation sites (tertiary alicyclic amines) is 1. The van der Waals surface area contributed by atoms with Crippen molar-refractivity contribution in [3.05, 3.63) is 52.9 Å². The maximum Gasteiger partial charge on any atom is 0.433 e. The van der Waals surface area contributed by atoms with E-state index in [-0.39, 0.29) is 23.5 Å². The predicted molar refractivity (Wildman–Crippen MR) is 130 cm³/mol. The van der Waals surface area contributed by atoms with E-state index in [1.54, 1.807) is 0 Å². The zero-order valence-electron chi connectivity index (χ0n) is 21.6. The molecule has 2 aromatic heterocycles. The Kier molecular flexibility index (Phi) is 7.39. The molecule has 0 bridgehead atoms. The van der Waals surface area contributed by atoms with Crippen LogP contribution in [0.1, 0.15) is 72.7 Å². The molecule has 0 saturated carbocycles. The summed E-state index contributed by atoms with van der Waals surface area (Å²) in [7, 11) is 0. The molecule has 10 heteroatoms. The van der Waals surface area contributed by atoms with E-state index >= 15 is 0 Å². The normalized spacial score (nSPS) is 22.4. The minimum atomic E-state index is -4.43. The number of carbonyl (C=O) groups excluding carboxylic acids is 1. The Hall–Kier alpha value is -2.59. The molecule has 2 aromatic rings. The lowest BCUT2D eigenvalue weighted by molar-refractivity contribution is -0.141. The fraction of sp³-hybridized carbons (Fsp3) is 0.615. The molecule has 1 amide bonds. The highest BCUT2D eigenvalue weighted by atomic mass is 19.4. The summed E-state index contributed by atoms with van der Waals surface area (Å²) < 4.78 is 38.6. The van der Waals surface area contributed by atoms with Gasteiger partial charge in [0.25, 0.3) is 5.91 Å². The summed E-state index contributed by atoms with van der Waals surface area (Å²) in [5, 5.41) is 0. The van der Waals surface area contributed by atoms with Crippen molar-refractivity contribution in [1.29, 1.82) is 0 Å². The Labute approximate surface area is 210 Å². The van der Waals surface area contributed by atoms with Gasteiger partial charge in [-0.25, -0.2) is 9.97 Å². The van der Waals surface area contributed by atoms with Gasteiger partial charge in [-0.05, 0) is 59.1 Å². The number of pyridine rings is 1. The molecule has 2 saturated heterocycles. The molecular weight excluding hydrogens is 469 g/mol. The van der Waals surface area contributed by atoms with Crippen molar-refractivity contribution in [2.24, 2.45) is 0 Å². The smallest absolute Gasteiger partial charge is 0.338 e. The van der Waals surface area contributed by atoms with Crippen LogP contribution in [-0.2, 0) is 6.18 Å². The predicted octanol–water partition coefficient (Wildman–Crippen LogP) is 4.27. The fourth-order valence-corrected chi connectivity index (χ4v) is 5.62. The summed E-state index contributed by atoms with van der Waals surface area (Å²) in [4.78, 5) is 32.0. The summed E-state index contributed by atoms with van der Waals surface area (Å²) in [5.74, 6) is 0.00446. The molecule has 2 atom stereocenters. The molecule has 4 rings (SSSR count). The lowest BCUT2D eigenvalue weighted by Crippen LogP contribution is -2.62. The van der Waals surface area contributed by atoms with E-state index in [1.165, 1.54) is 18.6 Å². The number of amides is 1. The molecule has 2 aliphatic heterocycles. The van der Waals surface area contributed by atoms with Crippen LogP contribution >= 0.6 is 0 Å². The number of hydrogen-bond donors (Lipinski definition) is 0. The molecule has 0 aromatic carbocycles. The van der Waals surface area contributed by atoms with Gasteiger partial charge in [0.2, 0.25) is 0 Å². The van der Waals surface area contributed by atoms with Gasteiger partial charge in [0.1, 0.15) is 12.0 Å². The first-order valence-electron chi connectivity index (χ1n) is 12.5. The van der Waals surface area contributed by atoms with E-state index in [4.69, 9.17) is 0 Å². The van der Waals surface area contributed by atoms with Crippen LogP contribution in [0.25, 0.3) is 0 Å². The van der Waals surface area contributed by atoms with Crippen molar-refractivity contribution < 1.29 is 18.0 Å². The summed E-state index contributed by atoms with van der Waals surface area (Å²) in [5.41, 5.74) is 1.95. The van der Waals surface area contributed by atoms with Gasteiger partial charge in [0, 0.05) is 56.5 Å². The number of aryl methyl sites for hydroxylation is 2. The van der Waals surface area contributed by atoms with E-state index in [9.17, 15) is 18.0 Å². The molecule has 0 aliphatic carbocycles. The Morgan fingerprint density at radius 2 is 1.69 bits per heavy atom. The third-order valence-electron chi connectivity index (χ3n) is 8.07. The van der Waals surface area contributed by atoms with Crippen LogP contribution in [-0.4, -0.2) is 79.9 Å². The van der Waals surface area contributed by atoms with Gasteiger partial charge in [0.15, 0.2) is 0 Å². The van der Waals surface area contributed by atoms with Crippen LogP contribution in [0.3, 0.4) is 0 Å². The second kappa shape index (κ2) is 10.0. The molecule has 0 radical (unpaired) electrons. The number of hydrogen-bond acceptors (Lipinski definition) is 6. The number of carbonyl (C=O) groups is 1. The largest absolute Gasteiger partial charge is 0.433 e. The maximum absolute atomic E-state index is 13.2. The molecule has 0 spiro atoms. The van der Waals surface area contributed by atoms with Gasteiger partial charge in [-0.1, -0.05) is 6.07 Å². The van der Waals surface area contributed by atoms with Crippen molar-refractivity contribution in [3.8, 4) is 0 Å². The fourth-order valence-electron chi connectivity index (χ4n) is 5.62. The van der Waals surface area contributed by atoms with Crippen LogP contribution in [0.4, 0.5) is 13.2 Å². The van der Waals surface area contributed by atoms with Crippen LogP contribution in [0.2, 0.25) is 0 Å². The molecule has 4 heterocycles. The summed E-state index contributed by atoms with van der Waals surface area (Å²) in [6, 6.07) is 2.81. The lowest BCUT2D eigenvalue weighted by atomic mass is 9.86. The number of nitrogens with zero attached hydrogens (tertiary/aromatic N) is 6. The number of alkyl halides is 3. The van der Waals surface area contributed by atoms with Gasteiger partial charge < -0.3 is 4.90 Å². The standard InChI is InChI=1S/C26H35F3N6O/c1-17-15-34(12-13-35(17)20(4)21-6-7-22(30-14-21)26(27,28)29)25(5)8-10-33(11-9-25)24(36)23-18(2)31-16-32-19(23)3/h6-7,14,16-17,20H,8-13,15H2,1-5H3/t17-,20-/m0/s1. The highest BCUT2D eigenvalue weighted by Gasteiger charge is 2.41. The number of rotatable bonds is 4.